The van der Waals surface area contributed by atoms with E-state index < -0.39 is 0 Å². The molecule has 1 N–H and O–H groups in total. The Kier molecular flexibility index (Phi) is 4.74. The minimum atomic E-state index is 0.803. The summed E-state index contributed by atoms with van der Waals surface area (Å²) in [5.74, 6) is 1.77. The first kappa shape index (κ1) is 14.1. The monoisotopic (exact) mass is 272 g/mol. The molecule has 0 radical (unpaired) electrons. The standard InChI is InChI=1S/C18H28N2/c1-2-17-13-19-14-18(17)20-10-8-16(9-11-20)12-15-6-4-3-5-7-15/h3-7,16-19H,2,8-14H2,1H3. The van der Waals surface area contributed by atoms with Crippen molar-refractivity contribution in [1.82, 2.24) is 10.2 Å². The van der Waals surface area contributed by atoms with Crippen molar-refractivity contribution in [3.8, 4) is 0 Å². The van der Waals surface area contributed by atoms with Gasteiger partial charge in [0.2, 0.25) is 0 Å². The highest BCUT2D eigenvalue weighted by molar-refractivity contribution is 5.15. The zero-order valence-electron chi connectivity index (χ0n) is 12.7. The molecule has 0 aromatic heterocycles. The molecule has 2 fully saturated rings. The summed E-state index contributed by atoms with van der Waals surface area (Å²) in [7, 11) is 0. The first-order chi connectivity index (χ1) is 9.86. The summed E-state index contributed by atoms with van der Waals surface area (Å²) in [4.78, 5) is 2.76. The lowest BCUT2D eigenvalue weighted by Crippen LogP contribution is -2.45. The molecule has 0 saturated carbocycles. The van der Waals surface area contributed by atoms with E-state index in [1.807, 2.05) is 0 Å². The molecular formula is C18H28N2. The van der Waals surface area contributed by atoms with Crippen molar-refractivity contribution >= 4 is 0 Å². The summed E-state index contributed by atoms with van der Waals surface area (Å²) in [6.45, 7) is 7.39. The van der Waals surface area contributed by atoms with Crippen LogP contribution >= 0.6 is 0 Å². The zero-order valence-corrected chi connectivity index (χ0v) is 12.7. The third-order valence-corrected chi connectivity index (χ3v) is 5.31. The molecule has 1 aromatic rings. The number of nitrogens with zero attached hydrogens (tertiary/aromatic N) is 1. The van der Waals surface area contributed by atoms with Crippen molar-refractivity contribution in [2.24, 2.45) is 11.8 Å². The molecule has 3 rings (SSSR count). The molecule has 2 atom stereocenters. The normalized spacial score (nSPS) is 28.9. The van der Waals surface area contributed by atoms with Gasteiger partial charge in [-0.2, -0.15) is 0 Å². The molecule has 2 heteroatoms. The third kappa shape index (κ3) is 3.24. The molecule has 2 saturated heterocycles. The summed E-state index contributed by atoms with van der Waals surface area (Å²) in [5, 5.41) is 3.58. The molecule has 0 aliphatic carbocycles. The fourth-order valence-electron chi connectivity index (χ4n) is 4.00. The van der Waals surface area contributed by atoms with Gasteiger partial charge in [-0.25, -0.2) is 0 Å². The summed E-state index contributed by atoms with van der Waals surface area (Å²) in [6.07, 6.45) is 5.35. The van der Waals surface area contributed by atoms with Crippen molar-refractivity contribution in [2.45, 2.75) is 38.6 Å². The van der Waals surface area contributed by atoms with Crippen LogP contribution in [0.3, 0.4) is 0 Å². The van der Waals surface area contributed by atoms with E-state index in [9.17, 15) is 0 Å². The zero-order chi connectivity index (χ0) is 13.8. The van der Waals surface area contributed by atoms with Crippen molar-refractivity contribution in [1.29, 1.82) is 0 Å². The van der Waals surface area contributed by atoms with E-state index in [2.05, 4.69) is 47.5 Å². The van der Waals surface area contributed by atoms with Crippen LogP contribution in [0.2, 0.25) is 0 Å². The Balaban J connectivity index is 1.49. The number of piperidine rings is 1. The molecular weight excluding hydrogens is 244 g/mol. The molecule has 2 aliphatic rings. The van der Waals surface area contributed by atoms with Crippen LogP contribution in [0.25, 0.3) is 0 Å². The summed E-state index contributed by atoms with van der Waals surface area (Å²) >= 11 is 0. The number of likely N-dealkylation sites (tertiary alicyclic amines) is 1. The van der Waals surface area contributed by atoms with E-state index in [0.717, 1.165) is 17.9 Å². The lowest BCUT2D eigenvalue weighted by atomic mass is 9.88. The second-order valence-corrected chi connectivity index (χ2v) is 6.56. The summed E-state index contributed by atoms with van der Waals surface area (Å²) in [5.41, 5.74) is 1.51. The molecule has 2 heterocycles. The van der Waals surface area contributed by atoms with Crippen LogP contribution in [0.15, 0.2) is 30.3 Å². The van der Waals surface area contributed by atoms with Gasteiger partial charge in [-0.3, -0.25) is 4.90 Å². The second kappa shape index (κ2) is 6.73. The smallest absolute Gasteiger partial charge is 0.0260 e. The highest BCUT2D eigenvalue weighted by atomic mass is 15.2. The fraction of sp³-hybridized carbons (Fsp3) is 0.667. The minimum absolute atomic E-state index is 0.803. The molecule has 1 aromatic carbocycles. The molecule has 0 spiro atoms. The van der Waals surface area contributed by atoms with Gasteiger partial charge < -0.3 is 5.32 Å². The number of rotatable bonds is 4. The molecule has 2 aliphatic heterocycles. The minimum Gasteiger partial charge on any atom is -0.315 e. The predicted octanol–water partition coefficient (Wildman–Crippen LogP) is 2.94. The van der Waals surface area contributed by atoms with Gasteiger partial charge in [0.15, 0.2) is 0 Å². The Bertz CT molecular complexity index is 395. The lowest BCUT2D eigenvalue weighted by Gasteiger charge is -2.38. The van der Waals surface area contributed by atoms with E-state index in [0.29, 0.717) is 0 Å². The molecule has 0 bridgehead atoms. The van der Waals surface area contributed by atoms with Gasteiger partial charge in [0, 0.05) is 12.6 Å². The number of hydrogen-bond donors (Lipinski definition) is 1. The van der Waals surface area contributed by atoms with E-state index >= 15 is 0 Å². The average Bonchev–Trinajstić information content (AvgIpc) is 2.98. The number of hydrogen-bond acceptors (Lipinski definition) is 2. The van der Waals surface area contributed by atoms with Crippen molar-refractivity contribution < 1.29 is 0 Å². The van der Waals surface area contributed by atoms with Gasteiger partial charge in [0.1, 0.15) is 0 Å². The maximum atomic E-state index is 3.58. The largest absolute Gasteiger partial charge is 0.315 e. The fourth-order valence-corrected chi connectivity index (χ4v) is 4.00. The Morgan fingerprint density at radius 1 is 1.10 bits per heavy atom. The van der Waals surface area contributed by atoms with Gasteiger partial charge in [0.05, 0.1) is 0 Å². The summed E-state index contributed by atoms with van der Waals surface area (Å²) < 4.78 is 0. The van der Waals surface area contributed by atoms with Crippen LogP contribution in [0.5, 0.6) is 0 Å². The van der Waals surface area contributed by atoms with Crippen LogP contribution in [0.1, 0.15) is 31.7 Å². The van der Waals surface area contributed by atoms with Gasteiger partial charge in [-0.05, 0) is 56.3 Å². The topological polar surface area (TPSA) is 15.3 Å². The number of nitrogens with one attached hydrogen (secondary N) is 1. The number of benzene rings is 1. The third-order valence-electron chi connectivity index (χ3n) is 5.31. The second-order valence-electron chi connectivity index (χ2n) is 6.56. The van der Waals surface area contributed by atoms with Crippen LogP contribution in [0.4, 0.5) is 0 Å². The quantitative estimate of drug-likeness (QED) is 0.906. The Morgan fingerprint density at radius 2 is 1.85 bits per heavy atom. The Labute approximate surface area is 123 Å². The first-order valence-corrected chi connectivity index (χ1v) is 8.35. The Hall–Kier alpha value is -0.860. The van der Waals surface area contributed by atoms with Crippen molar-refractivity contribution in [3.05, 3.63) is 35.9 Å². The predicted molar refractivity (Wildman–Crippen MR) is 84.9 cm³/mol. The van der Waals surface area contributed by atoms with Crippen molar-refractivity contribution in [2.75, 3.05) is 26.2 Å². The van der Waals surface area contributed by atoms with Gasteiger partial charge >= 0.3 is 0 Å². The molecule has 110 valence electrons. The molecule has 0 amide bonds. The molecule has 20 heavy (non-hydrogen) atoms. The van der Waals surface area contributed by atoms with Gasteiger partial charge in [-0.15, -0.1) is 0 Å². The van der Waals surface area contributed by atoms with E-state index in [1.165, 1.54) is 57.4 Å². The SMILES string of the molecule is CCC1CNCC1N1CCC(Cc2ccccc2)CC1. The first-order valence-electron chi connectivity index (χ1n) is 8.35. The van der Waals surface area contributed by atoms with Crippen LogP contribution < -0.4 is 5.32 Å². The lowest BCUT2D eigenvalue weighted by molar-refractivity contribution is 0.115. The van der Waals surface area contributed by atoms with Crippen LogP contribution in [-0.4, -0.2) is 37.1 Å². The maximum absolute atomic E-state index is 3.58. The van der Waals surface area contributed by atoms with Crippen molar-refractivity contribution in [3.63, 3.8) is 0 Å². The maximum Gasteiger partial charge on any atom is 0.0260 e. The average molecular weight is 272 g/mol. The Morgan fingerprint density at radius 3 is 2.55 bits per heavy atom. The summed E-state index contributed by atoms with van der Waals surface area (Å²) in [6, 6.07) is 11.8. The molecule has 2 nitrogen and oxygen atoms in total. The van der Waals surface area contributed by atoms with Crippen LogP contribution in [-0.2, 0) is 6.42 Å². The highest BCUT2D eigenvalue weighted by Gasteiger charge is 2.32. The molecule has 2 unspecified atom stereocenters. The van der Waals surface area contributed by atoms with Gasteiger partial charge in [-0.1, -0.05) is 43.7 Å². The van der Waals surface area contributed by atoms with Gasteiger partial charge in [0.25, 0.3) is 0 Å². The van der Waals surface area contributed by atoms with E-state index in [4.69, 9.17) is 0 Å². The van der Waals surface area contributed by atoms with E-state index in [1.54, 1.807) is 0 Å². The van der Waals surface area contributed by atoms with E-state index in [-0.39, 0.29) is 0 Å². The van der Waals surface area contributed by atoms with Crippen LogP contribution in [0, 0.1) is 11.8 Å². The highest BCUT2D eigenvalue weighted by Crippen LogP contribution is 2.27.